The number of nitrogens with zero attached hydrogens (tertiary/aromatic N) is 4. The van der Waals surface area contributed by atoms with Crippen LogP contribution < -0.4 is 5.32 Å². The fourth-order valence-corrected chi connectivity index (χ4v) is 3.79. The molecule has 1 amide bonds. The zero-order chi connectivity index (χ0) is 20.9. The van der Waals surface area contributed by atoms with Gasteiger partial charge in [0.1, 0.15) is 11.6 Å². The van der Waals surface area contributed by atoms with E-state index in [1.807, 2.05) is 30.1 Å². The van der Waals surface area contributed by atoms with Gasteiger partial charge in [-0.3, -0.25) is 9.78 Å². The van der Waals surface area contributed by atoms with E-state index in [9.17, 15) is 9.18 Å². The third-order valence-electron chi connectivity index (χ3n) is 5.43. The molecular formula is C23H24FN5O. The highest BCUT2D eigenvalue weighted by Gasteiger charge is 2.27. The molecule has 0 spiro atoms. The number of benzene rings is 1. The van der Waals surface area contributed by atoms with Gasteiger partial charge in [-0.05, 0) is 36.6 Å². The molecule has 154 valence electrons. The van der Waals surface area contributed by atoms with Crippen LogP contribution in [-0.4, -0.2) is 45.9 Å². The van der Waals surface area contributed by atoms with Crippen molar-refractivity contribution in [1.29, 1.82) is 0 Å². The summed E-state index contributed by atoms with van der Waals surface area (Å²) >= 11 is 0. The zero-order valence-electron chi connectivity index (χ0n) is 16.9. The van der Waals surface area contributed by atoms with E-state index in [1.54, 1.807) is 30.6 Å². The number of anilines is 1. The Morgan fingerprint density at radius 2 is 2.00 bits per heavy atom. The van der Waals surface area contributed by atoms with Crippen molar-refractivity contribution in [3.63, 3.8) is 0 Å². The quantitative estimate of drug-likeness (QED) is 0.701. The molecule has 0 bridgehead atoms. The molecule has 1 fully saturated rings. The molecule has 1 aromatic carbocycles. The van der Waals surface area contributed by atoms with Gasteiger partial charge >= 0.3 is 0 Å². The molecule has 3 heterocycles. The predicted octanol–water partition coefficient (Wildman–Crippen LogP) is 3.67. The van der Waals surface area contributed by atoms with Crippen molar-refractivity contribution in [1.82, 2.24) is 19.9 Å². The van der Waals surface area contributed by atoms with Gasteiger partial charge in [0.05, 0.1) is 12.1 Å². The summed E-state index contributed by atoms with van der Waals surface area (Å²) in [6.07, 6.45) is 5.34. The third-order valence-corrected chi connectivity index (χ3v) is 5.43. The molecule has 2 aromatic heterocycles. The highest BCUT2D eigenvalue weighted by Crippen LogP contribution is 2.29. The predicted molar refractivity (Wildman–Crippen MR) is 113 cm³/mol. The monoisotopic (exact) mass is 405 g/mol. The summed E-state index contributed by atoms with van der Waals surface area (Å²) in [5.41, 5.74) is 2.24. The number of pyridine rings is 1. The number of carbonyl (C=O) groups excluding carboxylic acids is 1. The number of aromatic nitrogens is 3. The maximum Gasteiger partial charge on any atom is 0.227 e. The van der Waals surface area contributed by atoms with Gasteiger partial charge in [-0.15, -0.1) is 0 Å². The van der Waals surface area contributed by atoms with E-state index in [4.69, 9.17) is 4.98 Å². The van der Waals surface area contributed by atoms with Crippen LogP contribution in [0.1, 0.15) is 30.0 Å². The topological polar surface area (TPSA) is 71.0 Å². The van der Waals surface area contributed by atoms with Gasteiger partial charge in [-0.25, -0.2) is 14.4 Å². The molecule has 30 heavy (non-hydrogen) atoms. The Morgan fingerprint density at radius 3 is 2.77 bits per heavy atom. The van der Waals surface area contributed by atoms with E-state index in [0.29, 0.717) is 24.5 Å². The molecule has 4 rings (SSSR count). The zero-order valence-corrected chi connectivity index (χ0v) is 16.9. The first-order chi connectivity index (χ1) is 14.6. The first kappa shape index (κ1) is 19.9. The lowest BCUT2D eigenvalue weighted by Gasteiger charge is -2.33. The Morgan fingerprint density at radius 1 is 1.20 bits per heavy atom. The Hall–Kier alpha value is -3.35. The minimum absolute atomic E-state index is 0.0537. The molecule has 6 nitrogen and oxygen atoms in total. The Kier molecular flexibility index (Phi) is 5.97. The van der Waals surface area contributed by atoms with E-state index in [0.717, 1.165) is 29.9 Å². The molecule has 1 saturated heterocycles. The van der Waals surface area contributed by atoms with Crippen molar-refractivity contribution in [3.05, 3.63) is 71.9 Å². The lowest BCUT2D eigenvalue weighted by Crippen LogP contribution is -2.40. The second-order valence-corrected chi connectivity index (χ2v) is 7.43. The van der Waals surface area contributed by atoms with Crippen LogP contribution in [0, 0.1) is 5.82 Å². The van der Waals surface area contributed by atoms with E-state index in [1.165, 1.54) is 6.07 Å². The average molecular weight is 405 g/mol. The van der Waals surface area contributed by atoms with E-state index in [2.05, 4.69) is 15.3 Å². The highest BCUT2D eigenvalue weighted by molar-refractivity contribution is 5.79. The first-order valence-electron chi connectivity index (χ1n) is 10.1. The standard InChI is InChI=1S/C23H24FN5O/c1-25-21-14-20(27-23(28-21)16-8-10-26-11-9-16)18-6-4-12-29(15-18)22(30)13-17-5-2-3-7-19(17)24/h2-3,5,7-11,14,18H,4,6,12-13,15H2,1H3,(H,25,27,28)/t18-/m0/s1. The number of halogens is 1. The molecule has 1 aliphatic heterocycles. The van der Waals surface area contributed by atoms with Crippen LogP contribution in [0.25, 0.3) is 11.4 Å². The van der Waals surface area contributed by atoms with Gasteiger partial charge in [0.15, 0.2) is 5.82 Å². The second-order valence-electron chi connectivity index (χ2n) is 7.43. The third kappa shape index (κ3) is 4.45. The van der Waals surface area contributed by atoms with Crippen LogP contribution in [0.3, 0.4) is 0 Å². The van der Waals surface area contributed by atoms with Crippen LogP contribution in [0.15, 0.2) is 54.9 Å². The second kappa shape index (κ2) is 8.98. The van der Waals surface area contributed by atoms with Gasteiger partial charge in [0, 0.05) is 50.1 Å². The molecular weight excluding hydrogens is 381 g/mol. The molecule has 1 atom stereocenters. The maximum atomic E-state index is 13.9. The number of hydrogen-bond acceptors (Lipinski definition) is 5. The minimum atomic E-state index is -0.337. The molecule has 0 radical (unpaired) electrons. The van der Waals surface area contributed by atoms with Crippen LogP contribution in [0.5, 0.6) is 0 Å². The Bertz CT molecular complexity index is 1030. The highest BCUT2D eigenvalue weighted by atomic mass is 19.1. The molecule has 0 saturated carbocycles. The van der Waals surface area contributed by atoms with Gasteiger partial charge < -0.3 is 10.2 Å². The van der Waals surface area contributed by atoms with Gasteiger partial charge in [0.25, 0.3) is 0 Å². The Labute approximate surface area is 175 Å². The van der Waals surface area contributed by atoms with Gasteiger partial charge in [0.2, 0.25) is 5.91 Å². The summed E-state index contributed by atoms with van der Waals surface area (Å²) in [6.45, 7) is 1.26. The summed E-state index contributed by atoms with van der Waals surface area (Å²) < 4.78 is 13.9. The van der Waals surface area contributed by atoms with E-state index in [-0.39, 0.29) is 24.1 Å². The van der Waals surface area contributed by atoms with E-state index >= 15 is 0 Å². The summed E-state index contributed by atoms with van der Waals surface area (Å²) in [6, 6.07) is 12.1. The van der Waals surface area contributed by atoms with Crippen molar-refractivity contribution in [2.24, 2.45) is 0 Å². The largest absolute Gasteiger partial charge is 0.373 e. The number of carbonyl (C=O) groups is 1. The number of hydrogen-bond donors (Lipinski definition) is 1. The normalized spacial score (nSPS) is 16.3. The van der Waals surface area contributed by atoms with Crippen molar-refractivity contribution in [2.45, 2.75) is 25.2 Å². The molecule has 1 N–H and O–H groups in total. The van der Waals surface area contributed by atoms with Crippen LogP contribution >= 0.6 is 0 Å². The van der Waals surface area contributed by atoms with Crippen LogP contribution in [0.4, 0.5) is 10.2 Å². The van der Waals surface area contributed by atoms with Crippen molar-refractivity contribution < 1.29 is 9.18 Å². The van der Waals surface area contributed by atoms with E-state index < -0.39 is 0 Å². The summed E-state index contributed by atoms with van der Waals surface area (Å²) in [5.74, 6) is 1.09. The molecule has 1 aliphatic rings. The summed E-state index contributed by atoms with van der Waals surface area (Å²) in [4.78, 5) is 28.1. The molecule has 7 heteroatoms. The summed E-state index contributed by atoms with van der Waals surface area (Å²) in [7, 11) is 1.83. The number of likely N-dealkylation sites (tertiary alicyclic amines) is 1. The number of piperidine rings is 1. The first-order valence-corrected chi connectivity index (χ1v) is 10.1. The average Bonchev–Trinajstić information content (AvgIpc) is 2.81. The number of rotatable bonds is 5. The maximum absolute atomic E-state index is 13.9. The lowest BCUT2D eigenvalue weighted by atomic mass is 9.93. The Balaban J connectivity index is 1.54. The van der Waals surface area contributed by atoms with Crippen molar-refractivity contribution in [2.75, 3.05) is 25.5 Å². The smallest absolute Gasteiger partial charge is 0.227 e. The fraction of sp³-hybridized carbons (Fsp3) is 0.304. The van der Waals surface area contributed by atoms with Crippen LogP contribution in [-0.2, 0) is 11.2 Å². The summed E-state index contributed by atoms with van der Waals surface area (Å²) in [5, 5.41) is 3.10. The number of amides is 1. The van der Waals surface area contributed by atoms with Gasteiger partial charge in [-0.2, -0.15) is 0 Å². The van der Waals surface area contributed by atoms with Crippen molar-refractivity contribution >= 4 is 11.7 Å². The van der Waals surface area contributed by atoms with Crippen LogP contribution in [0.2, 0.25) is 0 Å². The SMILES string of the molecule is CNc1cc([C@H]2CCCN(C(=O)Cc3ccccc3F)C2)nc(-c2ccncc2)n1. The molecule has 0 unspecified atom stereocenters. The fourth-order valence-electron chi connectivity index (χ4n) is 3.79. The molecule has 0 aliphatic carbocycles. The van der Waals surface area contributed by atoms with Crippen molar-refractivity contribution in [3.8, 4) is 11.4 Å². The lowest BCUT2D eigenvalue weighted by molar-refractivity contribution is -0.131. The molecule has 3 aromatic rings. The van der Waals surface area contributed by atoms with Gasteiger partial charge in [-0.1, -0.05) is 18.2 Å². The number of nitrogens with one attached hydrogen (secondary N) is 1. The minimum Gasteiger partial charge on any atom is -0.373 e.